The van der Waals surface area contributed by atoms with Gasteiger partial charge in [0.25, 0.3) is 18.4 Å². The summed E-state index contributed by atoms with van der Waals surface area (Å²) in [6.07, 6.45) is -5.71. The number of rotatable bonds is 3. The van der Waals surface area contributed by atoms with Gasteiger partial charge in [-0.1, -0.05) is 34.1 Å². The highest BCUT2D eigenvalue weighted by atomic mass is 79.9. The lowest BCUT2D eigenvalue weighted by atomic mass is 9.85. The number of ether oxygens (including phenoxy) is 1. The standard InChI is InChI=1S/C18H13BrF4N2O2/c19-11-6-7-13(20)12(8-11)18(16(22)23)14(21)9-27-17(25-18)24-15(26)10-4-2-1-3-5-10/h1-8,14,16H,9H2,(H,24,25,26)/t14-,18+/m0/s1. The topological polar surface area (TPSA) is 50.7 Å². The van der Waals surface area contributed by atoms with Crippen molar-refractivity contribution in [3.8, 4) is 0 Å². The Hall–Kier alpha value is -2.42. The lowest BCUT2D eigenvalue weighted by Crippen LogP contribution is -2.52. The molecule has 27 heavy (non-hydrogen) atoms. The summed E-state index contributed by atoms with van der Waals surface area (Å²) >= 11 is 3.06. The van der Waals surface area contributed by atoms with Crippen LogP contribution in [0.3, 0.4) is 0 Å². The molecule has 0 saturated carbocycles. The Bertz CT molecular complexity index is 879. The monoisotopic (exact) mass is 444 g/mol. The predicted octanol–water partition coefficient (Wildman–Crippen LogP) is 4.20. The van der Waals surface area contributed by atoms with E-state index in [1.54, 1.807) is 18.2 Å². The SMILES string of the molecule is O=C(NC1=N[C@@](c2cc(Br)ccc2F)(C(F)F)[C@@H](F)CO1)c1ccccc1. The fraction of sp³-hybridized carbons (Fsp3) is 0.222. The number of hydrogen-bond acceptors (Lipinski definition) is 3. The summed E-state index contributed by atoms with van der Waals surface area (Å²) in [5.74, 6) is -1.72. The first kappa shape index (κ1) is 19.3. The summed E-state index contributed by atoms with van der Waals surface area (Å²) in [5.41, 5.74) is -3.25. The second-order valence-electron chi connectivity index (χ2n) is 5.77. The molecule has 0 fully saturated rings. The Balaban J connectivity index is 2.03. The molecule has 9 heteroatoms. The number of carbonyl (C=O) groups is 1. The van der Waals surface area contributed by atoms with Crippen molar-refractivity contribution in [1.29, 1.82) is 0 Å². The van der Waals surface area contributed by atoms with Crippen molar-refractivity contribution < 1.29 is 27.1 Å². The number of hydrogen-bond donors (Lipinski definition) is 1. The number of nitrogens with one attached hydrogen (secondary N) is 1. The zero-order valence-corrected chi connectivity index (χ0v) is 15.2. The molecule has 0 spiro atoms. The van der Waals surface area contributed by atoms with Gasteiger partial charge in [-0.3, -0.25) is 10.1 Å². The number of amidine groups is 1. The molecule has 142 valence electrons. The third-order valence-corrected chi connectivity index (χ3v) is 4.57. The van der Waals surface area contributed by atoms with Crippen LogP contribution < -0.4 is 5.32 Å². The highest BCUT2D eigenvalue weighted by Crippen LogP contribution is 2.42. The molecule has 0 bridgehead atoms. The van der Waals surface area contributed by atoms with Crippen LogP contribution in [0.25, 0.3) is 0 Å². The summed E-state index contributed by atoms with van der Waals surface area (Å²) in [5, 5.41) is 2.22. The van der Waals surface area contributed by atoms with Crippen molar-refractivity contribution in [2.75, 3.05) is 6.61 Å². The van der Waals surface area contributed by atoms with Crippen molar-refractivity contribution in [2.24, 2.45) is 4.99 Å². The fourth-order valence-electron chi connectivity index (χ4n) is 2.71. The first-order valence-electron chi connectivity index (χ1n) is 7.81. The number of alkyl halides is 3. The molecule has 2 aromatic rings. The minimum absolute atomic E-state index is 0.224. The number of amides is 1. The lowest BCUT2D eigenvalue weighted by molar-refractivity contribution is -0.0312. The zero-order valence-electron chi connectivity index (χ0n) is 13.6. The van der Waals surface area contributed by atoms with Gasteiger partial charge in [0.15, 0.2) is 11.7 Å². The van der Waals surface area contributed by atoms with Crippen LogP contribution in [0.2, 0.25) is 0 Å². The van der Waals surface area contributed by atoms with Crippen molar-refractivity contribution in [3.05, 3.63) is 69.9 Å². The average Bonchev–Trinajstić information content (AvgIpc) is 2.66. The van der Waals surface area contributed by atoms with E-state index < -0.39 is 48.1 Å². The molecule has 2 aromatic carbocycles. The summed E-state index contributed by atoms with van der Waals surface area (Å²) < 4.78 is 62.0. The van der Waals surface area contributed by atoms with Gasteiger partial charge >= 0.3 is 0 Å². The number of nitrogens with zero attached hydrogens (tertiary/aromatic N) is 1. The molecule has 1 amide bonds. The van der Waals surface area contributed by atoms with Gasteiger partial charge in [-0.05, 0) is 30.3 Å². The van der Waals surface area contributed by atoms with Crippen LogP contribution in [-0.4, -0.2) is 31.1 Å². The van der Waals surface area contributed by atoms with Crippen molar-refractivity contribution in [2.45, 2.75) is 18.1 Å². The van der Waals surface area contributed by atoms with E-state index in [1.165, 1.54) is 18.2 Å². The number of halogens is 5. The van der Waals surface area contributed by atoms with Gasteiger partial charge in [0.2, 0.25) is 0 Å². The highest BCUT2D eigenvalue weighted by Gasteiger charge is 2.54. The Morgan fingerprint density at radius 2 is 1.96 bits per heavy atom. The van der Waals surface area contributed by atoms with Crippen molar-refractivity contribution in [1.82, 2.24) is 5.32 Å². The second kappa shape index (κ2) is 7.67. The first-order valence-corrected chi connectivity index (χ1v) is 8.60. The highest BCUT2D eigenvalue weighted by molar-refractivity contribution is 9.10. The van der Waals surface area contributed by atoms with Gasteiger partial charge in [0.05, 0.1) is 0 Å². The summed E-state index contributed by atoms with van der Waals surface area (Å²) in [6, 6.07) is 10.6. The molecule has 2 atom stereocenters. The van der Waals surface area contributed by atoms with Crippen LogP contribution in [0.15, 0.2) is 58.0 Å². The number of benzene rings is 2. The molecule has 0 aliphatic carbocycles. The smallest absolute Gasteiger partial charge is 0.293 e. The van der Waals surface area contributed by atoms with E-state index in [9.17, 15) is 22.4 Å². The quantitative estimate of drug-likeness (QED) is 0.721. The minimum atomic E-state index is -3.39. The van der Waals surface area contributed by atoms with E-state index in [0.29, 0.717) is 0 Å². The molecule has 0 aromatic heterocycles. The van der Waals surface area contributed by atoms with Crippen molar-refractivity contribution >= 4 is 27.9 Å². The maximum atomic E-state index is 14.6. The Kier molecular flexibility index (Phi) is 5.50. The first-order chi connectivity index (χ1) is 12.8. The number of aliphatic imine (C=N–C) groups is 1. The molecule has 4 nitrogen and oxygen atoms in total. The van der Waals surface area contributed by atoms with Crippen LogP contribution in [0, 0.1) is 5.82 Å². The molecular formula is C18H13BrF4N2O2. The van der Waals surface area contributed by atoms with Crippen molar-refractivity contribution in [3.63, 3.8) is 0 Å². The van der Waals surface area contributed by atoms with E-state index >= 15 is 0 Å². The largest absolute Gasteiger partial charge is 0.462 e. The molecule has 1 aliphatic heterocycles. The van der Waals surface area contributed by atoms with E-state index in [2.05, 4.69) is 26.2 Å². The second-order valence-corrected chi connectivity index (χ2v) is 6.68. The van der Waals surface area contributed by atoms with E-state index in [-0.39, 0.29) is 10.0 Å². The van der Waals surface area contributed by atoms with E-state index in [0.717, 1.165) is 12.1 Å². The van der Waals surface area contributed by atoms with Crippen LogP contribution in [0.5, 0.6) is 0 Å². The third kappa shape index (κ3) is 3.69. The van der Waals surface area contributed by atoms with Gasteiger partial charge in [-0.2, -0.15) is 0 Å². The summed E-state index contributed by atoms with van der Waals surface area (Å²) in [6.45, 7) is -0.815. The van der Waals surface area contributed by atoms with E-state index in [4.69, 9.17) is 4.74 Å². The summed E-state index contributed by atoms with van der Waals surface area (Å²) in [7, 11) is 0. The van der Waals surface area contributed by atoms with Crippen LogP contribution in [0.1, 0.15) is 15.9 Å². The summed E-state index contributed by atoms with van der Waals surface area (Å²) in [4.78, 5) is 15.8. The third-order valence-electron chi connectivity index (χ3n) is 4.08. The van der Waals surface area contributed by atoms with Crippen LogP contribution in [-0.2, 0) is 10.3 Å². The zero-order chi connectivity index (χ0) is 19.6. The maximum Gasteiger partial charge on any atom is 0.293 e. The molecule has 3 rings (SSSR count). The van der Waals surface area contributed by atoms with Gasteiger partial charge in [-0.25, -0.2) is 22.6 Å². The Morgan fingerprint density at radius 3 is 2.63 bits per heavy atom. The average molecular weight is 445 g/mol. The molecular weight excluding hydrogens is 432 g/mol. The normalized spacial score (nSPS) is 22.1. The van der Waals surface area contributed by atoms with Gasteiger partial charge in [-0.15, -0.1) is 0 Å². The molecule has 0 radical (unpaired) electrons. The maximum absolute atomic E-state index is 14.6. The van der Waals surface area contributed by atoms with Crippen LogP contribution in [0.4, 0.5) is 17.6 Å². The van der Waals surface area contributed by atoms with Crippen LogP contribution >= 0.6 is 15.9 Å². The fourth-order valence-corrected chi connectivity index (χ4v) is 3.07. The van der Waals surface area contributed by atoms with Gasteiger partial charge < -0.3 is 4.74 Å². The molecule has 0 unspecified atom stereocenters. The lowest BCUT2D eigenvalue weighted by Gasteiger charge is -2.36. The van der Waals surface area contributed by atoms with E-state index in [1.807, 2.05) is 0 Å². The molecule has 1 N–H and O–H groups in total. The predicted molar refractivity (Wildman–Crippen MR) is 94.0 cm³/mol. The number of carbonyl (C=O) groups excluding carboxylic acids is 1. The minimum Gasteiger partial charge on any atom is -0.462 e. The molecule has 1 aliphatic rings. The van der Waals surface area contributed by atoms with Gasteiger partial charge in [0.1, 0.15) is 12.4 Å². The molecule has 0 saturated heterocycles. The Morgan fingerprint density at radius 1 is 1.26 bits per heavy atom. The van der Waals surface area contributed by atoms with Gasteiger partial charge in [0, 0.05) is 15.6 Å². The Labute approximate surface area is 160 Å². The molecule has 1 heterocycles.